The second kappa shape index (κ2) is 8.51. The average molecular weight is 379 g/mol. The largest absolute Gasteiger partial charge is 0.397 e. The molecule has 6 heteroatoms. The predicted molar refractivity (Wildman–Crippen MR) is 111 cm³/mol. The van der Waals surface area contributed by atoms with Gasteiger partial charge in [0, 0.05) is 23.9 Å². The maximum absolute atomic E-state index is 12.6. The number of benzene rings is 2. The summed E-state index contributed by atoms with van der Waals surface area (Å²) in [5, 5.41) is 7.49. The molecule has 0 aliphatic carbocycles. The summed E-state index contributed by atoms with van der Waals surface area (Å²) in [5.74, 6) is -0.221. The number of anilines is 2. The number of aryl methyl sites for hydroxylation is 1. The van der Waals surface area contributed by atoms with Gasteiger partial charge in [0.1, 0.15) is 0 Å². The van der Waals surface area contributed by atoms with Gasteiger partial charge in [-0.15, -0.1) is 11.3 Å². The summed E-state index contributed by atoms with van der Waals surface area (Å²) in [6, 6.07) is 16.9. The van der Waals surface area contributed by atoms with Crippen molar-refractivity contribution in [3.05, 3.63) is 71.1 Å². The minimum atomic E-state index is -0.220. The van der Waals surface area contributed by atoms with Gasteiger partial charge in [-0.1, -0.05) is 24.3 Å². The summed E-state index contributed by atoms with van der Waals surface area (Å²) in [6.07, 6.45) is 1.06. The zero-order valence-corrected chi connectivity index (χ0v) is 15.8. The zero-order chi connectivity index (χ0) is 19.2. The van der Waals surface area contributed by atoms with E-state index in [1.54, 1.807) is 36.6 Å². The van der Waals surface area contributed by atoms with Crippen LogP contribution in [0.15, 0.2) is 60.0 Å². The fourth-order valence-electron chi connectivity index (χ4n) is 2.66. The first-order valence-corrected chi connectivity index (χ1v) is 9.49. The van der Waals surface area contributed by atoms with Gasteiger partial charge in [0.15, 0.2) is 0 Å². The van der Waals surface area contributed by atoms with Crippen molar-refractivity contribution in [2.24, 2.45) is 0 Å². The van der Waals surface area contributed by atoms with Crippen molar-refractivity contribution in [1.82, 2.24) is 5.32 Å². The van der Waals surface area contributed by atoms with Crippen molar-refractivity contribution in [2.45, 2.75) is 12.8 Å². The molecule has 0 radical (unpaired) electrons. The van der Waals surface area contributed by atoms with E-state index in [-0.39, 0.29) is 11.8 Å². The molecule has 3 aromatic rings. The number of amides is 2. The molecule has 27 heavy (non-hydrogen) atoms. The Morgan fingerprint density at radius 3 is 2.52 bits per heavy atom. The van der Waals surface area contributed by atoms with Gasteiger partial charge in [-0.05, 0) is 53.3 Å². The highest BCUT2D eigenvalue weighted by Gasteiger charge is 2.10. The average Bonchev–Trinajstić information content (AvgIpc) is 3.23. The molecule has 0 atom stereocenters. The smallest absolute Gasteiger partial charge is 0.255 e. The Balaban J connectivity index is 1.70. The summed E-state index contributed by atoms with van der Waals surface area (Å²) < 4.78 is 0. The second-order valence-corrected chi connectivity index (χ2v) is 7.05. The maximum Gasteiger partial charge on any atom is 0.255 e. The first kappa shape index (κ1) is 18.7. The van der Waals surface area contributed by atoms with Crippen LogP contribution in [0.3, 0.4) is 0 Å². The highest BCUT2D eigenvalue weighted by Crippen LogP contribution is 2.30. The van der Waals surface area contributed by atoms with E-state index >= 15 is 0 Å². The molecule has 1 heterocycles. The fraction of sp³-hybridized carbons (Fsp3) is 0.143. The summed E-state index contributed by atoms with van der Waals surface area (Å²) in [6.45, 7) is 0. The Kier molecular flexibility index (Phi) is 5.88. The molecule has 3 rings (SSSR count). The Morgan fingerprint density at radius 1 is 1.07 bits per heavy atom. The SMILES string of the molecule is CNC(=O)CCc1ccc(C(=O)Nc2cc(-c3cccs3)ccc2N)cc1. The van der Waals surface area contributed by atoms with Crippen LogP contribution in [0.4, 0.5) is 11.4 Å². The molecule has 0 fully saturated rings. The van der Waals surface area contributed by atoms with Crippen LogP contribution in [0.25, 0.3) is 10.4 Å². The van der Waals surface area contributed by atoms with Crippen LogP contribution in [-0.4, -0.2) is 18.9 Å². The zero-order valence-electron chi connectivity index (χ0n) is 15.0. The number of thiophene rings is 1. The quantitative estimate of drug-likeness (QED) is 0.568. The highest BCUT2D eigenvalue weighted by atomic mass is 32.1. The van der Waals surface area contributed by atoms with E-state index in [0.29, 0.717) is 29.8 Å². The summed E-state index contributed by atoms with van der Waals surface area (Å²) in [4.78, 5) is 25.0. The number of carbonyl (C=O) groups is 2. The monoisotopic (exact) mass is 379 g/mol. The van der Waals surface area contributed by atoms with Gasteiger partial charge >= 0.3 is 0 Å². The van der Waals surface area contributed by atoms with Crippen LogP contribution in [-0.2, 0) is 11.2 Å². The number of nitrogens with one attached hydrogen (secondary N) is 2. The Morgan fingerprint density at radius 2 is 1.85 bits per heavy atom. The molecule has 0 aliphatic rings. The van der Waals surface area contributed by atoms with E-state index in [2.05, 4.69) is 10.6 Å². The molecular formula is C21H21N3O2S. The third-order valence-corrected chi connectivity index (χ3v) is 5.16. The lowest BCUT2D eigenvalue weighted by Gasteiger charge is -2.10. The number of nitrogen functional groups attached to an aromatic ring is 1. The molecule has 5 nitrogen and oxygen atoms in total. The minimum Gasteiger partial charge on any atom is -0.397 e. The molecule has 1 aromatic heterocycles. The first-order valence-electron chi connectivity index (χ1n) is 8.61. The van der Waals surface area contributed by atoms with Crippen molar-refractivity contribution in [1.29, 1.82) is 0 Å². The van der Waals surface area contributed by atoms with Crippen molar-refractivity contribution < 1.29 is 9.59 Å². The van der Waals surface area contributed by atoms with Crippen LogP contribution >= 0.6 is 11.3 Å². The van der Waals surface area contributed by atoms with Crippen molar-refractivity contribution >= 4 is 34.5 Å². The van der Waals surface area contributed by atoms with Crippen molar-refractivity contribution in [3.8, 4) is 10.4 Å². The molecule has 0 spiro atoms. The van der Waals surface area contributed by atoms with Gasteiger partial charge in [0.2, 0.25) is 5.91 Å². The van der Waals surface area contributed by atoms with E-state index in [1.165, 1.54) is 0 Å². The van der Waals surface area contributed by atoms with Crippen molar-refractivity contribution in [2.75, 3.05) is 18.1 Å². The van der Waals surface area contributed by atoms with E-state index in [0.717, 1.165) is 16.0 Å². The number of nitrogens with two attached hydrogens (primary N) is 1. The number of carbonyl (C=O) groups excluding carboxylic acids is 2. The van der Waals surface area contributed by atoms with E-state index in [1.807, 2.05) is 41.8 Å². The Labute approximate surface area is 162 Å². The highest BCUT2D eigenvalue weighted by molar-refractivity contribution is 7.13. The molecule has 2 amide bonds. The van der Waals surface area contributed by atoms with Gasteiger partial charge in [-0.3, -0.25) is 9.59 Å². The molecule has 138 valence electrons. The molecule has 0 aliphatic heterocycles. The van der Waals surface area contributed by atoms with Crippen LogP contribution < -0.4 is 16.4 Å². The minimum absolute atomic E-state index is 0.00193. The number of rotatable bonds is 6. The van der Waals surface area contributed by atoms with E-state index in [4.69, 9.17) is 5.73 Å². The van der Waals surface area contributed by atoms with E-state index in [9.17, 15) is 9.59 Å². The maximum atomic E-state index is 12.6. The van der Waals surface area contributed by atoms with Gasteiger partial charge < -0.3 is 16.4 Å². The van der Waals surface area contributed by atoms with Gasteiger partial charge in [0.05, 0.1) is 11.4 Å². The summed E-state index contributed by atoms with van der Waals surface area (Å²) in [5.41, 5.74) is 9.70. The van der Waals surface area contributed by atoms with Crippen LogP contribution in [0.1, 0.15) is 22.3 Å². The molecule has 0 saturated carbocycles. The summed E-state index contributed by atoms with van der Waals surface area (Å²) >= 11 is 1.63. The van der Waals surface area contributed by atoms with Crippen molar-refractivity contribution in [3.63, 3.8) is 0 Å². The Hall–Kier alpha value is -3.12. The Bertz CT molecular complexity index is 935. The summed E-state index contributed by atoms with van der Waals surface area (Å²) in [7, 11) is 1.62. The molecule has 0 saturated heterocycles. The standard InChI is InChI=1S/C21H21N3O2S/c1-23-20(25)11-6-14-4-7-15(8-5-14)21(26)24-18-13-16(9-10-17(18)22)19-3-2-12-27-19/h2-5,7-10,12-13H,6,11,22H2,1H3,(H,23,25)(H,24,26). The third-order valence-electron chi connectivity index (χ3n) is 4.24. The third kappa shape index (κ3) is 4.74. The molecule has 2 aromatic carbocycles. The van der Waals surface area contributed by atoms with E-state index < -0.39 is 0 Å². The molecular weight excluding hydrogens is 358 g/mol. The number of hydrogen-bond donors (Lipinski definition) is 3. The molecule has 0 bridgehead atoms. The lowest BCUT2D eigenvalue weighted by Crippen LogP contribution is -2.18. The lowest BCUT2D eigenvalue weighted by molar-refractivity contribution is -0.120. The predicted octanol–water partition coefficient (Wildman–Crippen LogP) is 3.93. The number of hydrogen-bond acceptors (Lipinski definition) is 4. The van der Waals surface area contributed by atoms with Gasteiger partial charge in [-0.2, -0.15) is 0 Å². The first-order chi connectivity index (χ1) is 13.1. The lowest BCUT2D eigenvalue weighted by atomic mass is 10.1. The van der Waals surface area contributed by atoms with Gasteiger partial charge in [0.25, 0.3) is 5.91 Å². The topological polar surface area (TPSA) is 84.2 Å². The fourth-order valence-corrected chi connectivity index (χ4v) is 3.38. The van der Waals surface area contributed by atoms with Crippen LogP contribution in [0.5, 0.6) is 0 Å². The molecule has 0 unspecified atom stereocenters. The molecule has 4 N–H and O–H groups in total. The normalized spacial score (nSPS) is 10.4. The second-order valence-electron chi connectivity index (χ2n) is 6.10. The van der Waals surface area contributed by atoms with Crippen LogP contribution in [0, 0.1) is 0 Å². The van der Waals surface area contributed by atoms with Gasteiger partial charge in [-0.25, -0.2) is 0 Å². The van der Waals surface area contributed by atoms with Crippen LogP contribution in [0.2, 0.25) is 0 Å².